The largest absolute Gasteiger partial charge is 0.389 e. The lowest BCUT2D eigenvalue weighted by molar-refractivity contribution is -0.123. The van der Waals surface area contributed by atoms with Crippen LogP contribution < -0.4 is 5.32 Å². The summed E-state index contributed by atoms with van der Waals surface area (Å²) in [4.78, 5) is 0. The molecular formula is C30H37NO3. The highest BCUT2D eigenvalue weighted by molar-refractivity contribution is 5.15. The van der Waals surface area contributed by atoms with Gasteiger partial charge in [-0.1, -0.05) is 91.0 Å². The molecule has 1 saturated carbocycles. The average Bonchev–Trinajstić information content (AvgIpc) is 2.89. The number of unbranched alkanes of at least 4 members (excludes halogenated alkanes) is 1. The number of aryl methyl sites for hydroxylation is 1. The van der Waals surface area contributed by atoms with Crippen LogP contribution in [-0.2, 0) is 29.1 Å². The SMILES string of the molecule is O[C@H]1[C@H](NCCCCc2ccccc2)C[C@H](OCc2ccccc2)C[C@H]1OCc1ccccc1. The van der Waals surface area contributed by atoms with E-state index in [2.05, 4.69) is 59.9 Å². The zero-order chi connectivity index (χ0) is 23.4. The predicted octanol–water partition coefficient (Wildman–Crippen LogP) is 5.29. The fourth-order valence-electron chi connectivity index (χ4n) is 4.64. The molecule has 2 N–H and O–H groups in total. The number of hydrogen-bond acceptors (Lipinski definition) is 4. The van der Waals surface area contributed by atoms with Crippen LogP contribution in [0.15, 0.2) is 91.0 Å². The van der Waals surface area contributed by atoms with Crippen molar-refractivity contribution in [3.63, 3.8) is 0 Å². The third-order valence-corrected chi connectivity index (χ3v) is 6.58. The standard InChI is InChI=1S/C30H37NO3/c32-30-28(31-19-11-10-14-24-12-4-1-5-13-24)20-27(33-22-25-15-6-2-7-16-25)21-29(30)34-23-26-17-8-3-9-18-26/h1-9,12-13,15-18,27-32H,10-11,14,19-23H2/t27-,28+,29+,30-/m0/s1. The van der Waals surface area contributed by atoms with Gasteiger partial charge in [-0.05, 0) is 48.9 Å². The van der Waals surface area contributed by atoms with Crippen molar-refractivity contribution in [2.75, 3.05) is 6.54 Å². The van der Waals surface area contributed by atoms with Crippen LogP contribution in [0, 0.1) is 0 Å². The molecular weight excluding hydrogens is 422 g/mol. The van der Waals surface area contributed by atoms with Crippen LogP contribution in [-0.4, -0.2) is 36.0 Å². The van der Waals surface area contributed by atoms with E-state index in [-0.39, 0.29) is 18.2 Å². The first kappa shape index (κ1) is 24.6. The Bertz CT molecular complexity index is 935. The van der Waals surface area contributed by atoms with Gasteiger partial charge in [-0.25, -0.2) is 0 Å². The summed E-state index contributed by atoms with van der Waals surface area (Å²) in [6, 6.07) is 31.0. The van der Waals surface area contributed by atoms with Crippen LogP contribution in [0.1, 0.15) is 42.4 Å². The van der Waals surface area contributed by atoms with Crippen molar-refractivity contribution >= 4 is 0 Å². The summed E-state index contributed by atoms with van der Waals surface area (Å²) in [6.07, 6.45) is 4.02. The number of benzene rings is 3. The van der Waals surface area contributed by atoms with E-state index >= 15 is 0 Å². The van der Waals surface area contributed by atoms with E-state index in [9.17, 15) is 5.11 Å². The van der Waals surface area contributed by atoms with E-state index in [1.54, 1.807) is 0 Å². The quantitative estimate of drug-likeness (QED) is 0.361. The Hall–Kier alpha value is -2.50. The summed E-state index contributed by atoms with van der Waals surface area (Å²) in [5.41, 5.74) is 3.66. The molecule has 1 aliphatic carbocycles. The maximum absolute atomic E-state index is 11.1. The molecule has 3 aromatic carbocycles. The van der Waals surface area contributed by atoms with Gasteiger partial charge in [0.15, 0.2) is 0 Å². The molecule has 0 spiro atoms. The molecule has 0 bridgehead atoms. The molecule has 0 amide bonds. The number of hydrogen-bond donors (Lipinski definition) is 2. The first-order chi connectivity index (χ1) is 16.8. The molecule has 1 fully saturated rings. The molecule has 4 nitrogen and oxygen atoms in total. The summed E-state index contributed by atoms with van der Waals surface area (Å²) >= 11 is 0. The van der Waals surface area contributed by atoms with Gasteiger partial charge >= 0.3 is 0 Å². The van der Waals surface area contributed by atoms with Gasteiger partial charge in [0.1, 0.15) is 0 Å². The Morgan fingerprint density at radius 1 is 0.676 bits per heavy atom. The molecule has 180 valence electrons. The van der Waals surface area contributed by atoms with Crippen molar-refractivity contribution in [2.45, 2.75) is 69.7 Å². The van der Waals surface area contributed by atoms with Crippen LogP contribution in [0.25, 0.3) is 0 Å². The number of aliphatic hydroxyl groups is 1. The third-order valence-electron chi connectivity index (χ3n) is 6.58. The lowest BCUT2D eigenvalue weighted by atomic mass is 9.87. The molecule has 0 unspecified atom stereocenters. The van der Waals surface area contributed by atoms with Crippen LogP contribution in [0.5, 0.6) is 0 Å². The highest BCUT2D eigenvalue weighted by Crippen LogP contribution is 2.26. The van der Waals surface area contributed by atoms with Gasteiger partial charge in [0, 0.05) is 12.5 Å². The molecule has 0 aromatic heterocycles. The van der Waals surface area contributed by atoms with E-state index < -0.39 is 6.10 Å². The highest BCUT2D eigenvalue weighted by Gasteiger charge is 2.37. The van der Waals surface area contributed by atoms with Crippen LogP contribution >= 0.6 is 0 Å². The summed E-state index contributed by atoms with van der Waals surface area (Å²) in [5.74, 6) is 0. The number of ether oxygens (including phenoxy) is 2. The topological polar surface area (TPSA) is 50.7 Å². The van der Waals surface area contributed by atoms with E-state index in [4.69, 9.17) is 9.47 Å². The zero-order valence-corrected chi connectivity index (χ0v) is 19.9. The zero-order valence-electron chi connectivity index (χ0n) is 19.9. The van der Waals surface area contributed by atoms with Crippen molar-refractivity contribution in [1.82, 2.24) is 5.32 Å². The van der Waals surface area contributed by atoms with E-state index in [0.29, 0.717) is 19.6 Å². The summed E-state index contributed by atoms with van der Waals surface area (Å²) in [7, 11) is 0. The van der Waals surface area contributed by atoms with Crippen molar-refractivity contribution in [2.24, 2.45) is 0 Å². The fraction of sp³-hybridized carbons (Fsp3) is 0.400. The van der Waals surface area contributed by atoms with E-state index in [1.807, 2.05) is 36.4 Å². The minimum Gasteiger partial charge on any atom is -0.389 e. The number of rotatable bonds is 12. The number of aliphatic hydroxyl groups excluding tert-OH is 1. The predicted molar refractivity (Wildman–Crippen MR) is 136 cm³/mol. The molecule has 0 aliphatic heterocycles. The van der Waals surface area contributed by atoms with E-state index in [1.165, 1.54) is 11.1 Å². The Balaban J connectivity index is 1.29. The van der Waals surface area contributed by atoms with Gasteiger partial charge < -0.3 is 19.9 Å². The summed E-state index contributed by atoms with van der Waals surface area (Å²) < 4.78 is 12.5. The normalized spacial score (nSPS) is 22.5. The second-order valence-electron chi connectivity index (χ2n) is 9.22. The van der Waals surface area contributed by atoms with Gasteiger partial charge in [-0.3, -0.25) is 0 Å². The minimum atomic E-state index is -0.547. The highest BCUT2D eigenvalue weighted by atomic mass is 16.5. The lowest BCUT2D eigenvalue weighted by Crippen LogP contribution is -2.54. The maximum atomic E-state index is 11.1. The molecule has 4 heteroatoms. The van der Waals surface area contributed by atoms with Crippen molar-refractivity contribution < 1.29 is 14.6 Å². The molecule has 0 saturated heterocycles. The fourth-order valence-corrected chi connectivity index (χ4v) is 4.64. The molecule has 0 radical (unpaired) electrons. The molecule has 34 heavy (non-hydrogen) atoms. The lowest BCUT2D eigenvalue weighted by Gasteiger charge is -2.39. The Kier molecular flexibility index (Phi) is 9.71. The Morgan fingerprint density at radius 3 is 1.85 bits per heavy atom. The average molecular weight is 460 g/mol. The van der Waals surface area contributed by atoms with Crippen LogP contribution in [0.2, 0.25) is 0 Å². The van der Waals surface area contributed by atoms with Gasteiger partial charge in [0.05, 0.1) is 31.5 Å². The molecule has 1 aliphatic rings. The Morgan fingerprint density at radius 2 is 1.24 bits per heavy atom. The number of nitrogens with one attached hydrogen (secondary N) is 1. The van der Waals surface area contributed by atoms with Crippen molar-refractivity contribution in [3.05, 3.63) is 108 Å². The molecule has 3 aromatic rings. The van der Waals surface area contributed by atoms with Crippen LogP contribution in [0.3, 0.4) is 0 Å². The van der Waals surface area contributed by atoms with Gasteiger partial charge in [0.25, 0.3) is 0 Å². The van der Waals surface area contributed by atoms with Crippen LogP contribution in [0.4, 0.5) is 0 Å². The van der Waals surface area contributed by atoms with Gasteiger partial charge in [-0.15, -0.1) is 0 Å². The summed E-state index contributed by atoms with van der Waals surface area (Å²) in [6.45, 7) is 1.96. The molecule has 4 rings (SSSR count). The monoisotopic (exact) mass is 459 g/mol. The maximum Gasteiger partial charge on any atom is 0.0956 e. The first-order valence-electron chi connectivity index (χ1n) is 12.5. The second kappa shape index (κ2) is 13.4. The van der Waals surface area contributed by atoms with Gasteiger partial charge in [0.2, 0.25) is 0 Å². The third kappa shape index (κ3) is 7.78. The summed E-state index contributed by atoms with van der Waals surface area (Å²) in [5, 5.41) is 14.7. The Labute approximate surface area is 203 Å². The molecule has 4 atom stereocenters. The van der Waals surface area contributed by atoms with Gasteiger partial charge in [-0.2, -0.15) is 0 Å². The molecule has 0 heterocycles. The van der Waals surface area contributed by atoms with Crippen molar-refractivity contribution in [1.29, 1.82) is 0 Å². The first-order valence-corrected chi connectivity index (χ1v) is 12.5. The van der Waals surface area contributed by atoms with E-state index in [0.717, 1.165) is 37.8 Å². The van der Waals surface area contributed by atoms with Crippen molar-refractivity contribution in [3.8, 4) is 0 Å². The minimum absolute atomic E-state index is 0.0352. The second-order valence-corrected chi connectivity index (χ2v) is 9.22. The smallest absolute Gasteiger partial charge is 0.0956 e.